The van der Waals surface area contributed by atoms with Crippen molar-refractivity contribution in [2.45, 2.75) is 19.4 Å². The van der Waals surface area contributed by atoms with Crippen LogP contribution in [-0.4, -0.2) is 97.9 Å². The molecule has 1 aromatic carbocycles. The minimum absolute atomic E-state index is 0.00261. The minimum atomic E-state index is -0.426. The number of hydrogen-bond acceptors (Lipinski definition) is 5. The summed E-state index contributed by atoms with van der Waals surface area (Å²) in [5.74, 6) is -0.00411. The molecule has 1 aromatic rings. The highest BCUT2D eigenvalue weighted by molar-refractivity contribution is 5.79. The maximum atomic E-state index is 13.8. The van der Waals surface area contributed by atoms with Gasteiger partial charge >= 0.3 is 0 Å². The van der Waals surface area contributed by atoms with E-state index in [1.54, 1.807) is 24.1 Å². The molecule has 0 aliphatic carbocycles. The van der Waals surface area contributed by atoms with Gasteiger partial charge in [0.2, 0.25) is 11.8 Å². The Kier molecular flexibility index (Phi) is 7.44. The number of methoxy groups -OCH3 is 1. The molecule has 0 unspecified atom stereocenters. The topological polar surface area (TPSA) is 56.3 Å². The van der Waals surface area contributed by atoms with Crippen molar-refractivity contribution in [3.63, 3.8) is 0 Å². The van der Waals surface area contributed by atoms with Gasteiger partial charge in [-0.1, -0.05) is 6.07 Å². The molecule has 2 saturated heterocycles. The van der Waals surface area contributed by atoms with E-state index in [-0.39, 0.29) is 17.6 Å². The van der Waals surface area contributed by atoms with Gasteiger partial charge in [-0.25, -0.2) is 4.39 Å². The van der Waals surface area contributed by atoms with Crippen molar-refractivity contribution in [2.24, 2.45) is 0 Å². The quantitative estimate of drug-likeness (QED) is 0.677. The molecule has 3 rings (SSSR count). The molecule has 2 aliphatic heterocycles. The van der Waals surface area contributed by atoms with Crippen LogP contribution in [0.15, 0.2) is 18.2 Å². The summed E-state index contributed by atoms with van der Waals surface area (Å²) >= 11 is 0. The van der Waals surface area contributed by atoms with Crippen LogP contribution in [0.5, 0.6) is 5.75 Å². The number of nitrogens with zero attached hydrogens (tertiary/aromatic N) is 4. The molecule has 0 N–H and O–H groups in total. The first kappa shape index (κ1) is 21.5. The van der Waals surface area contributed by atoms with Crippen molar-refractivity contribution in [1.29, 1.82) is 0 Å². The smallest absolute Gasteiger partial charge is 0.236 e. The van der Waals surface area contributed by atoms with Gasteiger partial charge in [-0.15, -0.1) is 0 Å². The van der Waals surface area contributed by atoms with E-state index < -0.39 is 5.82 Å². The fraction of sp³-hybridized carbons (Fsp3) is 0.619. The van der Waals surface area contributed by atoms with E-state index in [0.29, 0.717) is 19.6 Å². The molecule has 2 fully saturated rings. The SMILES string of the molecule is COc1ccc(CN(C)C(=O)CN2CCN(CC(=O)N3CCCC3)CC2)cc1F. The van der Waals surface area contributed by atoms with E-state index in [1.807, 2.05) is 4.90 Å². The van der Waals surface area contributed by atoms with Gasteiger partial charge in [-0.3, -0.25) is 19.4 Å². The highest BCUT2D eigenvalue weighted by Gasteiger charge is 2.24. The zero-order valence-corrected chi connectivity index (χ0v) is 17.4. The molecule has 29 heavy (non-hydrogen) atoms. The first-order chi connectivity index (χ1) is 14.0. The van der Waals surface area contributed by atoms with Crippen LogP contribution in [-0.2, 0) is 16.1 Å². The Labute approximate surface area is 172 Å². The van der Waals surface area contributed by atoms with Crippen LogP contribution >= 0.6 is 0 Å². The van der Waals surface area contributed by atoms with Gasteiger partial charge in [-0.2, -0.15) is 0 Å². The van der Waals surface area contributed by atoms with Crippen LogP contribution < -0.4 is 4.74 Å². The molecule has 2 aliphatic rings. The fourth-order valence-electron chi connectivity index (χ4n) is 3.85. The summed E-state index contributed by atoms with van der Waals surface area (Å²) in [6.45, 7) is 6.06. The molecule has 0 saturated carbocycles. The summed E-state index contributed by atoms with van der Waals surface area (Å²) in [7, 11) is 3.16. The van der Waals surface area contributed by atoms with Gasteiger partial charge < -0.3 is 14.5 Å². The van der Waals surface area contributed by atoms with Gasteiger partial charge in [0.1, 0.15) is 0 Å². The Morgan fingerprint density at radius 1 is 1.03 bits per heavy atom. The van der Waals surface area contributed by atoms with Gasteiger partial charge in [0.25, 0.3) is 0 Å². The zero-order valence-electron chi connectivity index (χ0n) is 17.4. The predicted octanol–water partition coefficient (Wildman–Crippen LogP) is 1.03. The zero-order chi connectivity index (χ0) is 20.8. The molecule has 0 bridgehead atoms. The highest BCUT2D eigenvalue weighted by Crippen LogP contribution is 2.18. The summed E-state index contributed by atoms with van der Waals surface area (Å²) in [6, 6.07) is 4.74. The van der Waals surface area contributed by atoms with Crippen LogP contribution in [0.25, 0.3) is 0 Å². The third-order valence-corrected chi connectivity index (χ3v) is 5.70. The molecule has 0 radical (unpaired) electrons. The second-order valence-electron chi connectivity index (χ2n) is 7.86. The number of amides is 2. The first-order valence-corrected chi connectivity index (χ1v) is 10.2. The summed E-state index contributed by atoms with van der Waals surface area (Å²) in [5, 5.41) is 0. The van der Waals surface area contributed by atoms with Crippen molar-refractivity contribution < 1.29 is 18.7 Å². The molecule has 8 heteroatoms. The number of benzene rings is 1. The second kappa shape index (κ2) is 10.0. The lowest BCUT2D eigenvalue weighted by Gasteiger charge is -2.35. The molecule has 0 spiro atoms. The molecule has 2 amide bonds. The van der Waals surface area contributed by atoms with Gasteiger partial charge in [0.15, 0.2) is 11.6 Å². The lowest BCUT2D eigenvalue weighted by atomic mass is 10.2. The summed E-state index contributed by atoms with van der Waals surface area (Å²) < 4.78 is 18.8. The van der Waals surface area contributed by atoms with Crippen LogP contribution in [0.3, 0.4) is 0 Å². The Hall–Kier alpha value is -2.19. The molecule has 0 aromatic heterocycles. The molecule has 0 atom stereocenters. The number of piperazine rings is 1. The van der Waals surface area contributed by atoms with Crippen LogP contribution in [0.2, 0.25) is 0 Å². The minimum Gasteiger partial charge on any atom is -0.494 e. The average molecular weight is 407 g/mol. The van der Waals surface area contributed by atoms with Crippen LogP contribution in [0.4, 0.5) is 4.39 Å². The monoisotopic (exact) mass is 406 g/mol. The number of rotatable bonds is 7. The van der Waals surface area contributed by atoms with E-state index in [9.17, 15) is 14.0 Å². The number of carbonyl (C=O) groups excluding carboxylic acids is 2. The maximum absolute atomic E-state index is 13.8. The molecular weight excluding hydrogens is 375 g/mol. The van der Waals surface area contributed by atoms with Gasteiger partial charge in [0, 0.05) is 52.9 Å². The van der Waals surface area contributed by atoms with E-state index >= 15 is 0 Å². The van der Waals surface area contributed by atoms with Crippen LogP contribution in [0.1, 0.15) is 18.4 Å². The van der Waals surface area contributed by atoms with Gasteiger partial charge in [0.05, 0.1) is 20.2 Å². The Bertz CT molecular complexity index is 716. The Balaban J connectivity index is 1.40. The Morgan fingerprint density at radius 3 is 2.24 bits per heavy atom. The average Bonchev–Trinajstić information content (AvgIpc) is 3.24. The summed E-state index contributed by atoms with van der Waals surface area (Å²) in [4.78, 5) is 32.7. The largest absolute Gasteiger partial charge is 0.494 e. The lowest BCUT2D eigenvalue weighted by molar-refractivity contribution is -0.134. The van der Waals surface area contributed by atoms with E-state index in [1.165, 1.54) is 13.2 Å². The van der Waals surface area contributed by atoms with Gasteiger partial charge in [-0.05, 0) is 30.5 Å². The second-order valence-corrected chi connectivity index (χ2v) is 7.86. The molecular formula is C21H31FN4O3. The third kappa shape index (κ3) is 5.90. The van der Waals surface area contributed by atoms with E-state index in [0.717, 1.165) is 57.7 Å². The molecule has 160 valence electrons. The third-order valence-electron chi connectivity index (χ3n) is 5.70. The van der Waals surface area contributed by atoms with Crippen molar-refractivity contribution in [3.05, 3.63) is 29.6 Å². The fourth-order valence-corrected chi connectivity index (χ4v) is 3.85. The van der Waals surface area contributed by atoms with Crippen molar-refractivity contribution in [2.75, 3.05) is 66.5 Å². The lowest BCUT2D eigenvalue weighted by Crippen LogP contribution is -2.51. The summed E-state index contributed by atoms with van der Waals surface area (Å²) in [5.41, 5.74) is 0.726. The predicted molar refractivity (Wildman–Crippen MR) is 108 cm³/mol. The number of ether oxygens (including phenoxy) is 1. The molecule has 7 nitrogen and oxygen atoms in total. The summed E-state index contributed by atoms with van der Waals surface area (Å²) in [6.07, 6.45) is 2.22. The standard InChI is InChI=1S/C21H31FN4O3/c1-23(14-17-5-6-19(29-2)18(22)13-17)20(27)15-24-9-11-25(12-10-24)16-21(28)26-7-3-4-8-26/h5-6,13H,3-4,7-12,14-16H2,1-2H3. The number of halogens is 1. The molecule has 2 heterocycles. The maximum Gasteiger partial charge on any atom is 0.236 e. The first-order valence-electron chi connectivity index (χ1n) is 10.2. The van der Waals surface area contributed by atoms with Crippen LogP contribution in [0, 0.1) is 5.82 Å². The number of hydrogen-bond donors (Lipinski definition) is 0. The number of carbonyl (C=O) groups is 2. The number of likely N-dealkylation sites (N-methyl/N-ethyl adjacent to an activating group) is 1. The van der Waals surface area contributed by atoms with E-state index in [4.69, 9.17) is 4.74 Å². The van der Waals surface area contributed by atoms with Crippen molar-refractivity contribution >= 4 is 11.8 Å². The Morgan fingerprint density at radius 2 is 1.66 bits per heavy atom. The number of likely N-dealkylation sites (tertiary alicyclic amines) is 1. The van der Waals surface area contributed by atoms with Crippen molar-refractivity contribution in [1.82, 2.24) is 19.6 Å². The highest BCUT2D eigenvalue weighted by atomic mass is 19.1. The normalized spacial score (nSPS) is 18.1. The van der Waals surface area contributed by atoms with Crippen molar-refractivity contribution in [3.8, 4) is 5.75 Å². The van der Waals surface area contributed by atoms with E-state index in [2.05, 4.69) is 9.80 Å².